The first-order valence-electron chi connectivity index (χ1n) is 18.7. The molecule has 0 radical (unpaired) electrons. The normalized spacial score (nSPS) is 19.8. The molecule has 15 nitrogen and oxygen atoms in total. The predicted octanol–water partition coefficient (Wildman–Crippen LogP) is 5.80. The number of fused-ring (bicyclic) bond motifs is 2. The van der Waals surface area contributed by atoms with E-state index in [9.17, 15) is 51.9 Å². The van der Waals surface area contributed by atoms with Crippen LogP contribution < -0.4 is 4.90 Å². The van der Waals surface area contributed by atoms with Crippen LogP contribution >= 0.6 is 0 Å². The molecule has 2 heterocycles. The molecule has 0 saturated carbocycles. The van der Waals surface area contributed by atoms with Crippen molar-refractivity contribution in [1.82, 2.24) is 0 Å². The number of allylic oxidation sites excluding steroid dienone is 7. The van der Waals surface area contributed by atoms with E-state index in [0.29, 0.717) is 67.0 Å². The molecule has 58 heavy (non-hydrogen) atoms. The lowest BCUT2D eigenvalue weighted by molar-refractivity contribution is -0.438. The molecule has 0 saturated heterocycles. The van der Waals surface area contributed by atoms with Crippen LogP contribution in [-0.2, 0) is 56.0 Å². The highest BCUT2D eigenvalue weighted by molar-refractivity contribution is 7.86. The number of methoxy groups -OCH3 is 1. The molecule has 318 valence electrons. The van der Waals surface area contributed by atoms with Gasteiger partial charge in [-0.15, -0.1) is 0 Å². The molecule has 2 aromatic rings. The van der Waals surface area contributed by atoms with E-state index < -0.39 is 62.8 Å². The average Bonchev–Trinajstić information content (AvgIpc) is 3.45. The molecule has 0 atom stereocenters. The number of benzene rings is 2. The van der Waals surface area contributed by atoms with Crippen LogP contribution in [0.3, 0.4) is 0 Å². The molecule has 0 spiro atoms. The fraction of sp³-hybridized carbons (Fsp3) is 0.462. The summed E-state index contributed by atoms with van der Waals surface area (Å²) in [5, 5.41) is 0. The first-order chi connectivity index (χ1) is 26.8. The summed E-state index contributed by atoms with van der Waals surface area (Å²) in [4.78, 5) is 1.45. The first-order valence-corrected chi connectivity index (χ1v) is 24.7. The second-order valence-electron chi connectivity index (χ2n) is 15.7. The summed E-state index contributed by atoms with van der Waals surface area (Å²) < 4.78 is 142. The van der Waals surface area contributed by atoms with Crippen molar-refractivity contribution in [2.45, 2.75) is 93.3 Å². The van der Waals surface area contributed by atoms with Gasteiger partial charge in [-0.3, -0.25) is 13.7 Å². The molecule has 19 heteroatoms. The molecular formula is C39H50N2O13S4. The van der Waals surface area contributed by atoms with Crippen LogP contribution in [0.25, 0.3) is 0 Å². The zero-order valence-corrected chi connectivity index (χ0v) is 36.3. The number of ether oxygens (including phenoxy) is 1. The Morgan fingerprint density at radius 1 is 0.776 bits per heavy atom. The highest BCUT2D eigenvalue weighted by atomic mass is 32.2. The number of rotatable bonds is 16. The van der Waals surface area contributed by atoms with Gasteiger partial charge in [0.2, 0.25) is 5.69 Å². The largest absolute Gasteiger partial charge is 0.748 e. The monoisotopic (exact) mass is 882 g/mol. The average molecular weight is 883 g/mol. The number of nitrogens with zero attached hydrogens (tertiary/aromatic N) is 2. The van der Waals surface area contributed by atoms with Crippen molar-refractivity contribution in [3.8, 4) is 0 Å². The Hall–Kier alpha value is -3.69. The van der Waals surface area contributed by atoms with Crippen LogP contribution in [0, 0.1) is 0 Å². The Balaban J connectivity index is 1.54. The van der Waals surface area contributed by atoms with Crippen molar-refractivity contribution in [3.63, 3.8) is 0 Å². The number of anilines is 1. The molecule has 5 rings (SSSR count). The van der Waals surface area contributed by atoms with Gasteiger partial charge in [-0.2, -0.15) is 29.8 Å². The van der Waals surface area contributed by atoms with E-state index >= 15 is 0 Å². The van der Waals surface area contributed by atoms with Gasteiger partial charge >= 0.3 is 0 Å². The van der Waals surface area contributed by atoms with Gasteiger partial charge < -0.3 is 14.2 Å². The minimum atomic E-state index is -4.50. The quantitative estimate of drug-likeness (QED) is 0.103. The third-order valence-electron chi connectivity index (χ3n) is 10.9. The van der Waals surface area contributed by atoms with Crippen molar-refractivity contribution in [2.75, 3.05) is 36.6 Å². The third kappa shape index (κ3) is 10.2. The maximum atomic E-state index is 12.1. The summed E-state index contributed by atoms with van der Waals surface area (Å²) in [5.41, 5.74) is 4.49. The molecule has 3 N–H and O–H groups in total. The second-order valence-corrected chi connectivity index (χ2v) is 21.6. The van der Waals surface area contributed by atoms with Crippen molar-refractivity contribution in [2.24, 2.45) is 0 Å². The Morgan fingerprint density at radius 2 is 1.40 bits per heavy atom. The van der Waals surface area contributed by atoms with Crippen LogP contribution in [0.5, 0.6) is 0 Å². The number of unbranched alkanes of at least 4 members (excludes halogenated alkanes) is 2. The Morgan fingerprint density at radius 3 is 2.00 bits per heavy atom. The van der Waals surface area contributed by atoms with Crippen LogP contribution in [0.1, 0.15) is 83.8 Å². The summed E-state index contributed by atoms with van der Waals surface area (Å²) in [6.07, 6.45) is 10.9. The van der Waals surface area contributed by atoms with Crippen LogP contribution in [0.2, 0.25) is 0 Å². The lowest BCUT2D eigenvalue weighted by Crippen LogP contribution is -2.28. The molecule has 0 fully saturated rings. The molecule has 0 bridgehead atoms. The van der Waals surface area contributed by atoms with E-state index in [1.165, 1.54) is 24.3 Å². The molecule has 1 aliphatic carbocycles. The highest BCUT2D eigenvalue weighted by Gasteiger charge is 2.45. The maximum absolute atomic E-state index is 12.1. The summed E-state index contributed by atoms with van der Waals surface area (Å²) >= 11 is 0. The van der Waals surface area contributed by atoms with Crippen molar-refractivity contribution in [1.29, 1.82) is 0 Å². The lowest BCUT2D eigenvalue weighted by Gasteiger charge is -2.27. The van der Waals surface area contributed by atoms with Gasteiger partial charge in [0.25, 0.3) is 30.4 Å². The van der Waals surface area contributed by atoms with Crippen molar-refractivity contribution in [3.05, 3.63) is 94.4 Å². The fourth-order valence-electron chi connectivity index (χ4n) is 8.06. The third-order valence-corrected chi connectivity index (χ3v) is 14.2. The van der Waals surface area contributed by atoms with Gasteiger partial charge in [0.05, 0.1) is 38.2 Å². The van der Waals surface area contributed by atoms with Gasteiger partial charge in [-0.05, 0) is 112 Å². The molecule has 2 aliphatic heterocycles. The number of hydrogen-bond donors (Lipinski definition) is 3. The smallest absolute Gasteiger partial charge is 0.294 e. The van der Waals surface area contributed by atoms with E-state index in [1.54, 1.807) is 19.2 Å². The Kier molecular flexibility index (Phi) is 13.1. The van der Waals surface area contributed by atoms with E-state index in [-0.39, 0.29) is 22.6 Å². The van der Waals surface area contributed by atoms with Gasteiger partial charge in [-0.1, -0.05) is 19.9 Å². The van der Waals surface area contributed by atoms with Crippen molar-refractivity contribution >= 4 is 57.6 Å². The van der Waals surface area contributed by atoms with Crippen LogP contribution in [-0.4, -0.2) is 93.9 Å². The molecular weight excluding hydrogens is 833 g/mol. The van der Waals surface area contributed by atoms with Gasteiger partial charge in [0.15, 0.2) is 5.71 Å². The lowest BCUT2D eigenvalue weighted by atomic mass is 9.81. The summed E-state index contributed by atoms with van der Waals surface area (Å²) in [5.74, 6) is -0.284. The molecule has 0 aromatic heterocycles. The van der Waals surface area contributed by atoms with Crippen LogP contribution in [0.4, 0.5) is 11.4 Å². The minimum absolute atomic E-state index is 0.131. The summed E-state index contributed by atoms with van der Waals surface area (Å²) in [6, 6.07) is 8.70. The van der Waals surface area contributed by atoms with E-state index in [1.807, 2.05) is 61.5 Å². The Labute approximate surface area is 341 Å². The predicted molar refractivity (Wildman–Crippen MR) is 218 cm³/mol. The van der Waals surface area contributed by atoms with E-state index in [2.05, 4.69) is 0 Å². The van der Waals surface area contributed by atoms with Crippen molar-refractivity contribution < 1.29 is 61.2 Å². The summed E-state index contributed by atoms with van der Waals surface area (Å²) in [7, 11) is -16.0. The zero-order chi connectivity index (χ0) is 43.1. The first kappa shape index (κ1) is 45.4. The summed E-state index contributed by atoms with van der Waals surface area (Å²) in [6.45, 7) is 8.38. The van der Waals surface area contributed by atoms with Crippen LogP contribution in [0.15, 0.2) is 93.1 Å². The SMILES string of the molecule is COC1=C(/C=C/C2=[N+](CCCCS(=O)(=O)O)c3ccc(S(=O)(=O)O)cc3C2(C)C)CCC/C1=C\C=C1\N(CCCCS(=O)(=O)[O-])c2ccc(S(=O)(=O)O)cc2C1(C)C. The highest BCUT2D eigenvalue weighted by Crippen LogP contribution is 2.49. The maximum Gasteiger partial charge on any atom is 0.294 e. The molecule has 0 amide bonds. The van der Waals surface area contributed by atoms with Gasteiger partial charge in [-0.25, -0.2) is 8.42 Å². The Bertz CT molecular complexity index is 2580. The van der Waals surface area contributed by atoms with E-state index in [0.717, 1.165) is 29.0 Å². The topological polar surface area (TPSA) is 236 Å². The molecule has 3 aliphatic rings. The zero-order valence-electron chi connectivity index (χ0n) is 33.0. The number of hydrogen-bond acceptors (Lipinski definition) is 11. The standard InChI is InChI=1S/C39H50N2O13S4/c1-38(2)31-25-29(57(48,49)50)15-17-33(31)40(21-6-8-23-55(42,43)44)35(38)19-13-27-11-10-12-28(37(27)54-5)14-20-36-39(3,4)32-26-30(58(51,52)53)16-18-34(32)41(36)22-7-9-24-56(45,46)47/h13-20,25-26H,6-12,21-24H2,1-5H3,(H3-,42,43,44,45,46,47,48,49,50,51,52,53). The molecule has 0 unspecified atom stereocenters. The minimum Gasteiger partial charge on any atom is -0.748 e. The molecule has 2 aromatic carbocycles. The van der Waals surface area contributed by atoms with Gasteiger partial charge in [0.1, 0.15) is 12.3 Å². The fourth-order valence-corrected chi connectivity index (χ4v) is 10.2. The second kappa shape index (κ2) is 16.8. The van der Waals surface area contributed by atoms with E-state index in [4.69, 9.17) is 4.74 Å². The van der Waals surface area contributed by atoms with Gasteiger partial charge in [0, 0.05) is 53.2 Å².